The zero-order valence-electron chi connectivity index (χ0n) is 14.4. The number of fused-ring (bicyclic) bond motifs is 1. The molecule has 1 saturated heterocycles. The first-order valence-corrected chi connectivity index (χ1v) is 10.8. The molecule has 0 unspecified atom stereocenters. The number of hydrogen-bond acceptors (Lipinski definition) is 4. The summed E-state index contributed by atoms with van der Waals surface area (Å²) < 4.78 is 23.0. The lowest BCUT2D eigenvalue weighted by Gasteiger charge is -2.26. The molecular formula is C20H24N2O2S. The van der Waals surface area contributed by atoms with Crippen molar-refractivity contribution in [2.45, 2.75) is 19.5 Å². The molecule has 2 aliphatic rings. The second-order valence-corrected chi connectivity index (χ2v) is 9.34. The molecule has 5 heteroatoms. The highest BCUT2D eigenvalue weighted by Gasteiger charge is 2.21. The standard InChI is InChI=1S/C20H24N2O2S/c23-25(24)11-9-22(10-12-25)15-16-1-3-17(4-2-16)18-5-6-20-14-21-8-7-19(20)13-18/h1-6,13,21H,7-12,14-15H2. The lowest BCUT2D eigenvalue weighted by atomic mass is 9.95. The van der Waals surface area contributed by atoms with Gasteiger partial charge >= 0.3 is 0 Å². The normalized spacial score (nSPS) is 20.2. The molecule has 2 aliphatic heterocycles. The van der Waals surface area contributed by atoms with Crippen molar-refractivity contribution in [3.63, 3.8) is 0 Å². The van der Waals surface area contributed by atoms with Crippen molar-refractivity contribution in [2.75, 3.05) is 31.1 Å². The Morgan fingerprint density at radius 2 is 1.64 bits per heavy atom. The molecule has 0 aliphatic carbocycles. The van der Waals surface area contributed by atoms with Gasteiger partial charge < -0.3 is 5.32 Å². The van der Waals surface area contributed by atoms with Gasteiger partial charge in [-0.2, -0.15) is 0 Å². The van der Waals surface area contributed by atoms with Gasteiger partial charge in [0, 0.05) is 26.2 Å². The van der Waals surface area contributed by atoms with Gasteiger partial charge in [-0.15, -0.1) is 0 Å². The largest absolute Gasteiger partial charge is 0.312 e. The SMILES string of the molecule is O=S1(=O)CCN(Cc2ccc(-c3ccc4c(c3)CCNC4)cc2)CC1. The lowest BCUT2D eigenvalue weighted by Crippen LogP contribution is -2.39. The molecular weight excluding hydrogens is 332 g/mol. The van der Waals surface area contributed by atoms with E-state index in [4.69, 9.17) is 0 Å². The summed E-state index contributed by atoms with van der Waals surface area (Å²) in [6, 6.07) is 15.5. The predicted molar refractivity (Wildman–Crippen MR) is 101 cm³/mol. The van der Waals surface area contributed by atoms with E-state index in [1.54, 1.807) is 0 Å². The Bertz CT molecular complexity index is 846. The molecule has 0 bridgehead atoms. The first-order chi connectivity index (χ1) is 12.1. The van der Waals surface area contributed by atoms with Crippen LogP contribution in [0.15, 0.2) is 42.5 Å². The topological polar surface area (TPSA) is 49.4 Å². The molecule has 0 radical (unpaired) electrons. The Labute approximate surface area is 149 Å². The van der Waals surface area contributed by atoms with Gasteiger partial charge in [-0.1, -0.05) is 42.5 Å². The van der Waals surface area contributed by atoms with Crippen LogP contribution in [0.3, 0.4) is 0 Å². The van der Waals surface area contributed by atoms with Crippen molar-refractivity contribution in [2.24, 2.45) is 0 Å². The maximum Gasteiger partial charge on any atom is 0.152 e. The number of rotatable bonds is 3. The smallest absolute Gasteiger partial charge is 0.152 e. The molecule has 1 fully saturated rings. The Morgan fingerprint density at radius 3 is 2.40 bits per heavy atom. The molecule has 0 saturated carbocycles. The second kappa shape index (κ2) is 6.90. The minimum Gasteiger partial charge on any atom is -0.312 e. The van der Waals surface area contributed by atoms with Gasteiger partial charge in [-0.25, -0.2) is 8.42 Å². The summed E-state index contributed by atoms with van der Waals surface area (Å²) in [4.78, 5) is 2.22. The predicted octanol–water partition coefficient (Wildman–Crippen LogP) is 2.23. The first kappa shape index (κ1) is 16.8. The third-order valence-corrected chi connectivity index (χ3v) is 6.83. The Balaban J connectivity index is 1.45. The van der Waals surface area contributed by atoms with Crippen LogP contribution in [0, 0.1) is 0 Å². The summed E-state index contributed by atoms with van der Waals surface area (Å²) in [5, 5.41) is 3.41. The molecule has 132 valence electrons. The Hall–Kier alpha value is -1.69. The van der Waals surface area contributed by atoms with E-state index in [0.717, 1.165) is 26.1 Å². The van der Waals surface area contributed by atoms with Crippen molar-refractivity contribution < 1.29 is 8.42 Å². The van der Waals surface area contributed by atoms with Crippen LogP contribution in [-0.2, 0) is 29.3 Å². The van der Waals surface area contributed by atoms with E-state index in [9.17, 15) is 8.42 Å². The fourth-order valence-electron chi connectivity index (χ4n) is 3.63. The van der Waals surface area contributed by atoms with E-state index < -0.39 is 9.84 Å². The van der Waals surface area contributed by atoms with Crippen molar-refractivity contribution in [1.29, 1.82) is 0 Å². The Kier molecular flexibility index (Phi) is 4.63. The van der Waals surface area contributed by atoms with Crippen LogP contribution in [0.25, 0.3) is 11.1 Å². The van der Waals surface area contributed by atoms with Gasteiger partial charge in [0.15, 0.2) is 9.84 Å². The highest BCUT2D eigenvalue weighted by atomic mass is 32.2. The minimum atomic E-state index is -2.80. The third-order valence-electron chi connectivity index (χ3n) is 5.22. The number of nitrogens with zero attached hydrogens (tertiary/aromatic N) is 1. The van der Waals surface area contributed by atoms with Crippen molar-refractivity contribution >= 4 is 9.84 Å². The molecule has 2 aromatic carbocycles. The second-order valence-electron chi connectivity index (χ2n) is 7.04. The molecule has 1 N–H and O–H groups in total. The summed E-state index contributed by atoms with van der Waals surface area (Å²) >= 11 is 0. The highest BCUT2D eigenvalue weighted by molar-refractivity contribution is 7.91. The summed E-state index contributed by atoms with van der Waals surface area (Å²) in [5.74, 6) is 0.574. The number of hydrogen-bond donors (Lipinski definition) is 1. The first-order valence-electron chi connectivity index (χ1n) is 8.94. The summed E-state index contributed by atoms with van der Waals surface area (Å²) in [6.07, 6.45) is 1.10. The molecule has 2 heterocycles. The molecule has 4 nitrogen and oxygen atoms in total. The van der Waals surface area contributed by atoms with E-state index in [0.29, 0.717) is 13.1 Å². The zero-order chi connectivity index (χ0) is 17.3. The third kappa shape index (κ3) is 3.94. The van der Waals surface area contributed by atoms with Crippen LogP contribution in [-0.4, -0.2) is 44.5 Å². The molecule has 0 atom stereocenters. The van der Waals surface area contributed by atoms with Crippen molar-refractivity contribution in [3.05, 3.63) is 59.2 Å². The average Bonchev–Trinajstić information content (AvgIpc) is 2.64. The number of nitrogens with one attached hydrogen (secondary N) is 1. The van der Waals surface area contributed by atoms with Crippen LogP contribution in [0.2, 0.25) is 0 Å². The van der Waals surface area contributed by atoms with Gasteiger partial charge in [0.2, 0.25) is 0 Å². The fraction of sp³-hybridized carbons (Fsp3) is 0.400. The maximum absolute atomic E-state index is 11.5. The van der Waals surface area contributed by atoms with Crippen LogP contribution < -0.4 is 5.32 Å². The van der Waals surface area contributed by atoms with Gasteiger partial charge in [0.25, 0.3) is 0 Å². The van der Waals surface area contributed by atoms with E-state index in [1.807, 2.05) is 0 Å². The van der Waals surface area contributed by atoms with Crippen molar-refractivity contribution in [1.82, 2.24) is 10.2 Å². The quantitative estimate of drug-likeness (QED) is 0.916. The zero-order valence-corrected chi connectivity index (χ0v) is 15.2. The minimum absolute atomic E-state index is 0.287. The van der Waals surface area contributed by atoms with Crippen LogP contribution in [0.4, 0.5) is 0 Å². The van der Waals surface area contributed by atoms with E-state index in [-0.39, 0.29) is 11.5 Å². The van der Waals surface area contributed by atoms with Gasteiger partial charge in [0.1, 0.15) is 0 Å². The summed E-state index contributed by atoms with van der Waals surface area (Å²) in [6.45, 7) is 4.14. The molecule has 0 spiro atoms. The fourth-order valence-corrected chi connectivity index (χ4v) is 4.90. The van der Waals surface area contributed by atoms with Gasteiger partial charge in [-0.3, -0.25) is 4.90 Å². The van der Waals surface area contributed by atoms with Crippen molar-refractivity contribution in [3.8, 4) is 11.1 Å². The molecule has 2 aromatic rings. The van der Waals surface area contributed by atoms with Gasteiger partial charge in [-0.05, 0) is 40.8 Å². The maximum atomic E-state index is 11.5. The van der Waals surface area contributed by atoms with E-state index in [1.165, 1.54) is 27.8 Å². The average molecular weight is 356 g/mol. The molecule has 0 amide bonds. The summed E-state index contributed by atoms with van der Waals surface area (Å²) in [5.41, 5.74) is 6.62. The van der Waals surface area contributed by atoms with E-state index >= 15 is 0 Å². The van der Waals surface area contributed by atoms with E-state index in [2.05, 4.69) is 52.7 Å². The molecule has 0 aromatic heterocycles. The Morgan fingerprint density at radius 1 is 0.920 bits per heavy atom. The van der Waals surface area contributed by atoms with Crippen LogP contribution >= 0.6 is 0 Å². The molecule has 4 rings (SSSR count). The summed E-state index contributed by atoms with van der Waals surface area (Å²) in [7, 11) is -2.80. The number of benzene rings is 2. The monoisotopic (exact) mass is 356 g/mol. The number of sulfone groups is 1. The lowest BCUT2D eigenvalue weighted by molar-refractivity contribution is 0.287. The van der Waals surface area contributed by atoms with Crippen LogP contribution in [0.1, 0.15) is 16.7 Å². The van der Waals surface area contributed by atoms with Gasteiger partial charge in [0.05, 0.1) is 11.5 Å². The molecule has 25 heavy (non-hydrogen) atoms. The van der Waals surface area contributed by atoms with Crippen LogP contribution in [0.5, 0.6) is 0 Å². The highest BCUT2D eigenvalue weighted by Crippen LogP contribution is 2.25.